The van der Waals surface area contributed by atoms with Gasteiger partial charge in [-0.1, -0.05) is 18.2 Å². The van der Waals surface area contributed by atoms with Crippen LogP contribution in [0.5, 0.6) is 17.2 Å². The minimum absolute atomic E-state index is 0.0303. The van der Waals surface area contributed by atoms with Crippen LogP contribution in [0.25, 0.3) is 0 Å². The third-order valence-electron chi connectivity index (χ3n) is 5.31. The van der Waals surface area contributed by atoms with Crippen molar-refractivity contribution in [3.8, 4) is 17.2 Å². The molecule has 10 heteroatoms. The summed E-state index contributed by atoms with van der Waals surface area (Å²) in [6, 6.07) is 10.3. The van der Waals surface area contributed by atoms with Crippen molar-refractivity contribution in [3.05, 3.63) is 53.6 Å². The first kappa shape index (κ1) is 24.8. The van der Waals surface area contributed by atoms with Crippen LogP contribution in [-0.2, 0) is 9.53 Å². The fraction of sp³-hybridized carbons (Fsp3) is 0.375. The standard InChI is InChI=1S/C24H30N4O6/c1-15-20(28-24(34-15)16-7-2-3-9-18(16)29)23(33)27-14-6-12-25-11-5-13-26-22(32)17-8-4-10-19(30)21(17)31/h2-4,7-10,15,20,25,29-31H,5-6,11-14H2,1H3,(H,26,32)(H,27,33)/t15-,20-/m1/s1. The third kappa shape index (κ3) is 6.38. The number of amides is 2. The molecule has 10 nitrogen and oxygen atoms in total. The Bertz CT molecular complexity index is 1040. The van der Waals surface area contributed by atoms with Gasteiger partial charge in [0, 0.05) is 13.1 Å². The normalized spacial score (nSPS) is 17.0. The number of hydrogen-bond acceptors (Lipinski definition) is 8. The molecule has 2 aromatic carbocycles. The molecular weight excluding hydrogens is 440 g/mol. The lowest BCUT2D eigenvalue weighted by Gasteiger charge is -2.13. The van der Waals surface area contributed by atoms with Crippen LogP contribution in [0.15, 0.2) is 47.5 Å². The quantitative estimate of drug-likeness (QED) is 0.214. The predicted molar refractivity (Wildman–Crippen MR) is 126 cm³/mol. The Morgan fingerprint density at radius 2 is 1.59 bits per heavy atom. The summed E-state index contributed by atoms with van der Waals surface area (Å²) in [6.07, 6.45) is 0.968. The summed E-state index contributed by atoms with van der Waals surface area (Å²) in [7, 11) is 0. The van der Waals surface area contributed by atoms with Gasteiger partial charge in [0.15, 0.2) is 17.5 Å². The van der Waals surface area contributed by atoms with Gasteiger partial charge in [-0.2, -0.15) is 0 Å². The van der Waals surface area contributed by atoms with Crippen molar-refractivity contribution < 1.29 is 29.6 Å². The highest BCUT2D eigenvalue weighted by Crippen LogP contribution is 2.28. The molecule has 1 aliphatic heterocycles. The molecule has 3 rings (SSSR count). The summed E-state index contributed by atoms with van der Waals surface area (Å²) >= 11 is 0. The van der Waals surface area contributed by atoms with Crippen LogP contribution in [-0.4, -0.2) is 71.4 Å². The van der Waals surface area contributed by atoms with Crippen LogP contribution < -0.4 is 16.0 Å². The van der Waals surface area contributed by atoms with Gasteiger partial charge in [-0.3, -0.25) is 9.59 Å². The van der Waals surface area contributed by atoms with Crippen molar-refractivity contribution in [1.29, 1.82) is 0 Å². The van der Waals surface area contributed by atoms with Crippen LogP contribution >= 0.6 is 0 Å². The monoisotopic (exact) mass is 470 g/mol. The number of aliphatic imine (C=N–C) groups is 1. The predicted octanol–water partition coefficient (Wildman–Crippen LogP) is 1.25. The minimum Gasteiger partial charge on any atom is -0.507 e. The van der Waals surface area contributed by atoms with Gasteiger partial charge in [0.1, 0.15) is 11.9 Å². The maximum atomic E-state index is 12.5. The third-order valence-corrected chi connectivity index (χ3v) is 5.31. The van der Waals surface area contributed by atoms with Crippen LogP contribution in [0.3, 0.4) is 0 Å². The molecule has 0 aliphatic carbocycles. The first-order valence-corrected chi connectivity index (χ1v) is 11.2. The molecule has 0 spiro atoms. The second-order valence-electron chi connectivity index (χ2n) is 7.90. The van der Waals surface area contributed by atoms with Gasteiger partial charge in [0.2, 0.25) is 11.8 Å². The molecular formula is C24H30N4O6. The zero-order valence-corrected chi connectivity index (χ0v) is 19.0. The van der Waals surface area contributed by atoms with Crippen LogP contribution in [0.1, 0.15) is 35.7 Å². The highest BCUT2D eigenvalue weighted by atomic mass is 16.5. The van der Waals surface area contributed by atoms with Gasteiger partial charge >= 0.3 is 0 Å². The average Bonchev–Trinajstić information content (AvgIpc) is 3.21. The van der Waals surface area contributed by atoms with Gasteiger partial charge in [-0.05, 0) is 57.1 Å². The molecule has 2 amide bonds. The number of benzene rings is 2. The second kappa shape index (κ2) is 11.9. The molecule has 182 valence electrons. The Balaban J connectivity index is 1.28. The molecule has 0 saturated heterocycles. The zero-order chi connectivity index (χ0) is 24.5. The zero-order valence-electron chi connectivity index (χ0n) is 19.0. The van der Waals surface area contributed by atoms with E-state index in [2.05, 4.69) is 20.9 Å². The molecule has 6 N–H and O–H groups in total. The van der Waals surface area contributed by atoms with Crippen molar-refractivity contribution >= 4 is 17.7 Å². The van der Waals surface area contributed by atoms with Gasteiger partial charge in [0.05, 0.1) is 11.1 Å². The van der Waals surface area contributed by atoms with Crippen molar-refractivity contribution in [1.82, 2.24) is 16.0 Å². The van der Waals surface area contributed by atoms with E-state index in [-0.39, 0.29) is 28.9 Å². The molecule has 0 saturated carbocycles. The molecule has 0 unspecified atom stereocenters. The lowest BCUT2D eigenvalue weighted by molar-refractivity contribution is -0.123. The fourth-order valence-electron chi connectivity index (χ4n) is 3.44. The largest absolute Gasteiger partial charge is 0.507 e. The first-order valence-electron chi connectivity index (χ1n) is 11.2. The number of phenolic OH excluding ortho intramolecular Hbond substituents is 3. The number of hydrogen-bond donors (Lipinski definition) is 6. The number of nitrogens with one attached hydrogen (secondary N) is 3. The Kier molecular flexibility index (Phi) is 8.69. The van der Waals surface area contributed by atoms with E-state index in [9.17, 15) is 24.9 Å². The molecule has 34 heavy (non-hydrogen) atoms. The Labute approximate surface area is 197 Å². The van der Waals surface area contributed by atoms with Gasteiger partial charge in [-0.25, -0.2) is 4.99 Å². The number of phenols is 3. The Morgan fingerprint density at radius 3 is 2.32 bits per heavy atom. The van der Waals surface area contributed by atoms with Crippen LogP contribution in [0.2, 0.25) is 0 Å². The Hall–Kier alpha value is -3.79. The number of nitrogens with zero attached hydrogens (tertiary/aromatic N) is 1. The van der Waals surface area contributed by atoms with E-state index in [4.69, 9.17) is 4.74 Å². The van der Waals surface area contributed by atoms with E-state index in [1.165, 1.54) is 18.2 Å². The van der Waals surface area contributed by atoms with Gasteiger partial charge < -0.3 is 36.0 Å². The topological polar surface area (TPSA) is 153 Å². The number of rotatable bonds is 11. The number of ether oxygens (including phenoxy) is 1. The van der Waals surface area contributed by atoms with Crippen LogP contribution in [0, 0.1) is 0 Å². The molecule has 1 aliphatic rings. The molecule has 0 bridgehead atoms. The number of para-hydroxylation sites is 2. The highest BCUT2D eigenvalue weighted by Gasteiger charge is 2.34. The van der Waals surface area contributed by atoms with Crippen molar-refractivity contribution in [2.75, 3.05) is 26.2 Å². The summed E-state index contributed by atoms with van der Waals surface area (Å²) in [4.78, 5) is 28.8. The molecule has 2 aromatic rings. The van der Waals surface area contributed by atoms with E-state index in [1.807, 2.05) is 0 Å². The maximum absolute atomic E-state index is 12.5. The maximum Gasteiger partial charge on any atom is 0.255 e. The van der Waals surface area contributed by atoms with Crippen molar-refractivity contribution in [3.63, 3.8) is 0 Å². The molecule has 0 radical (unpaired) electrons. The van der Waals surface area contributed by atoms with E-state index in [1.54, 1.807) is 31.2 Å². The molecule has 0 aromatic heterocycles. The Morgan fingerprint density at radius 1 is 0.912 bits per heavy atom. The number of aromatic hydroxyl groups is 3. The van der Waals surface area contributed by atoms with E-state index < -0.39 is 23.8 Å². The lowest BCUT2D eigenvalue weighted by atomic mass is 10.1. The van der Waals surface area contributed by atoms with Crippen molar-refractivity contribution in [2.24, 2.45) is 4.99 Å². The van der Waals surface area contributed by atoms with E-state index in [0.717, 1.165) is 0 Å². The molecule has 1 heterocycles. The van der Waals surface area contributed by atoms with Gasteiger partial charge in [-0.15, -0.1) is 0 Å². The summed E-state index contributed by atoms with van der Waals surface area (Å²) in [5.41, 5.74) is 0.492. The van der Waals surface area contributed by atoms with E-state index >= 15 is 0 Å². The number of carbonyl (C=O) groups is 2. The van der Waals surface area contributed by atoms with E-state index in [0.29, 0.717) is 44.6 Å². The SMILES string of the molecule is C[C@H]1OC(c2ccccc2O)=N[C@H]1C(=O)NCCCNCCCNC(=O)c1cccc(O)c1O. The molecule has 0 fully saturated rings. The van der Waals surface area contributed by atoms with Crippen LogP contribution in [0.4, 0.5) is 0 Å². The summed E-state index contributed by atoms with van der Waals surface area (Å²) in [6.45, 7) is 4.01. The second-order valence-corrected chi connectivity index (χ2v) is 7.90. The summed E-state index contributed by atoms with van der Waals surface area (Å²) < 4.78 is 5.66. The number of carbonyl (C=O) groups excluding carboxylic acids is 2. The lowest BCUT2D eigenvalue weighted by Crippen LogP contribution is -2.39. The van der Waals surface area contributed by atoms with Crippen molar-refractivity contribution in [2.45, 2.75) is 31.9 Å². The summed E-state index contributed by atoms with van der Waals surface area (Å²) in [5, 5.41) is 37.9. The van der Waals surface area contributed by atoms with Gasteiger partial charge in [0.25, 0.3) is 5.91 Å². The minimum atomic E-state index is -0.669. The smallest absolute Gasteiger partial charge is 0.255 e. The molecule has 2 atom stereocenters. The highest BCUT2D eigenvalue weighted by molar-refractivity contribution is 6.00. The first-order chi connectivity index (χ1) is 16.4. The summed E-state index contributed by atoms with van der Waals surface area (Å²) in [5.74, 6) is -1.13. The average molecular weight is 471 g/mol. The fourth-order valence-corrected chi connectivity index (χ4v) is 3.44.